The van der Waals surface area contributed by atoms with Gasteiger partial charge in [-0.15, -0.1) is 0 Å². The molecule has 3 aromatic rings. The molecule has 4 rings (SSSR count). The van der Waals surface area contributed by atoms with Crippen molar-refractivity contribution in [1.29, 1.82) is 0 Å². The summed E-state index contributed by atoms with van der Waals surface area (Å²) in [4.78, 5) is 25.2. The first-order chi connectivity index (χ1) is 15.5. The summed E-state index contributed by atoms with van der Waals surface area (Å²) in [5.41, 5.74) is 2.24. The molecule has 0 aliphatic carbocycles. The second kappa shape index (κ2) is 9.93. The minimum Gasteiger partial charge on any atom is -0.368 e. The van der Waals surface area contributed by atoms with E-state index in [2.05, 4.69) is 9.97 Å². The highest BCUT2D eigenvalue weighted by atomic mass is 19.1. The average Bonchev–Trinajstić information content (AvgIpc) is 2.80. The molecule has 0 radical (unpaired) electrons. The molecular weight excluding hydrogens is 414 g/mol. The van der Waals surface area contributed by atoms with E-state index in [4.69, 9.17) is 4.74 Å². The lowest BCUT2D eigenvalue weighted by molar-refractivity contribution is -0.140. The van der Waals surface area contributed by atoms with Crippen molar-refractivity contribution in [2.24, 2.45) is 0 Å². The van der Waals surface area contributed by atoms with Crippen molar-refractivity contribution in [2.75, 3.05) is 33.3 Å². The number of likely N-dealkylation sites (N-methyl/N-ethyl adjacent to an activating group) is 1. The van der Waals surface area contributed by atoms with Gasteiger partial charge in [0, 0.05) is 36.6 Å². The number of carbonyl (C=O) groups excluding carboxylic acids is 1. The van der Waals surface area contributed by atoms with Crippen LogP contribution in [0.2, 0.25) is 0 Å². The molecule has 6 nitrogen and oxygen atoms in total. The number of nitrogens with zero attached hydrogens (tertiary/aromatic N) is 4. The quantitative estimate of drug-likeness (QED) is 0.590. The van der Waals surface area contributed by atoms with E-state index in [-0.39, 0.29) is 24.1 Å². The van der Waals surface area contributed by atoms with Gasteiger partial charge in [-0.1, -0.05) is 30.3 Å². The molecule has 1 atom stereocenters. The zero-order valence-corrected chi connectivity index (χ0v) is 17.7. The van der Waals surface area contributed by atoms with Gasteiger partial charge in [0.1, 0.15) is 17.7 Å². The van der Waals surface area contributed by atoms with Crippen LogP contribution in [-0.4, -0.2) is 59.0 Å². The Balaban J connectivity index is 1.45. The molecule has 166 valence electrons. The topological polar surface area (TPSA) is 58.6 Å². The van der Waals surface area contributed by atoms with Crippen LogP contribution in [0.25, 0.3) is 11.3 Å². The summed E-state index contributed by atoms with van der Waals surface area (Å²) in [6.07, 6.45) is 2.63. The first kappa shape index (κ1) is 22.0. The van der Waals surface area contributed by atoms with E-state index in [1.807, 2.05) is 0 Å². The lowest BCUT2D eigenvalue weighted by Gasteiger charge is -2.34. The van der Waals surface area contributed by atoms with Crippen LogP contribution in [0.3, 0.4) is 0 Å². The maximum atomic E-state index is 13.9. The summed E-state index contributed by atoms with van der Waals surface area (Å²) in [6.45, 7) is 1.61. The molecule has 1 fully saturated rings. The van der Waals surface area contributed by atoms with Crippen molar-refractivity contribution in [3.8, 4) is 11.3 Å². The van der Waals surface area contributed by atoms with Gasteiger partial charge in [0.05, 0.1) is 31.1 Å². The van der Waals surface area contributed by atoms with Crippen LogP contribution in [0.15, 0.2) is 60.9 Å². The van der Waals surface area contributed by atoms with Crippen LogP contribution in [0.1, 0.15) is 17.4 Å². The fourth-order valence-corrected chi connectivity index (χ4v) is 3.79. The molecule has 0 bridgehead atoms. The summed E-state index contributed by atoms with van der Waals surface area (Å²) < 4.78 is 33.5. The number of carbonyl (C=O) groups is 1. The van der Waals surface area contributed by atoms with Crippen molar-refractivity contribution in [2.45, 2.75) is 12.6 Å². The summed E-state index contributed by atoms with van der Waals surface area (Å²) in [7, 11) is 1.78. The lowest BCUT2D eigenvalue weighted by Crippen LogP contribution is -2.46. The van der Waals surface area contributed by atoms with Gasteiger partial charge in [-0.25, -0.2) is 8.78 Å². The molecule has 8 heteroatoms. The predicted octanol–water partition coefficient (Wildman–Crippen LogP) is 3.45. The zero-order chi connectivity index (χ0) is 22.5. The zero-order valence-electron chi connectivity index (χ0n) is 17.7. The van der Waals surface area contributed by atoms with Crippen LogP contribution in [0.5, 0.6) is 0 Å². The number of aromatic nitrogens is 2. The van der Waals surface area contributed by atoms with Crippen molar-refractivity contribution in [3.63, 3.8) is 0 Å². The lowest BCUT2D eigenvalue weighted by atomic mass is 10.0. The summed E-state index contributed by atoms with van der Waals surface area (Å²) in [5, 5.41) is 0. The summed E-state index contributed by atoms with van der Waals surface area (Å²) in [5.74, 6) is -0.725. The van der Waals surface area contributed by atoms with Crippen LogP contribution < -0.4 is 0 Å². The number of halogens is 2. The van der Waals surface area contributed by atoms with Crippen molar-refractivity contribution in [1.82, 2.24) is 19.8 Å². The standard InChI is InChI=1S/C24H24F2N4O2/c1-29(14-18-5-2-3-8-20(18)26)16-22(31)30-11-12-32-21(15-30)24-23(27-9-10-28-24)17-6-4-7-19(25)13-17/h2-10,13,21H,11-12,14-16H2,1H3/t21-/m1/s1. The molecule has 0 spiro atoms. The molecule has 1 aromatic heterocycles. The van der Waals surface area contributed by atoms with Crippen LogP contribution in [-0.2, 0) is 16.1 Å². The molecule has 1 aliphatic rings. The van der Waals surface area contributed by atoms with Crippen LogP contribution in [0, 0.1) is 11.6 Å². The Kier molecular flexibility index (Phi) is 6.82. The Morgan fingerprint density at radius 3 is 2.78 bits per heavy atom. The second-order valence-electron chi connectivity index (χ2n) is 7.76. The van der Waals surface area contributed by atoms with Gasteiger partial charge >= 0.3 is 0 Å². The Morgan fingerprint density at radius 2 is 1.97 bits per heavy atom. The number of hydrogen-bond acceptors (Lipinski definition) is 5. The molecule has 2 heterocycles. The van der Waals surface area contributed by atoms with Gasteiger partial charge in [-0.05, 0) is 25.2 Å². The number of hydrogen-bond donors (Lipinski definition) is 0. The van der Waals surface area contributed by atoms with E-state index in [0.29, 0.717) is 48.8 Å². The monoisotopic (exact) mass is 438 g/mol. The average molecular weight is 438 g/mol. The smallest absolute Gasteiger partial charge is 0.236 e. The molecule has 1 aliphatic heterocycles. The summed E-state index contributed by atoms with van der Waals surface area (Å²) >= 11 is 0. The maximum Gasteiger partial charge on any atom is 0.236 e. The van der Waals surface area contributed by atoms with Gasteiger partial charge < -0.3 is 9.64 Å². The number of ether oxygens (including phenoxy) is 1. The first-order valence-electron chi connectivity index (χ1n) is 10.4. The van der Waals surface area contributed by atoms with E-state index in [9.17, 15) is 13.6 Å². The molecular formula is C24H24F2N4O2. The molecule has 0 N–H and O–H groups in total. The first-order valence-corrected chi connectivity index (χ1v) is 10.4. The van der Waals surface area contributed by atoms with E-state index in [1.54, 1.807) is 59.6 Å². The maximum absolute atomic E-state index is 13.9. The van der Waals surface area contributed by atoms with E-state index in [1.165, 1.54) is 18.2 Å². The Bertz CT molecular complexity index is 1090. The van der Waals surface area contributed by atoms with Gasteiger partial charge in [-0.2, -0.15) is 0 Å². The van der Waals surface area contributed by atoms with Gasteiger partial charge in [0.25, 0.3) is 0 Å². The molecule has 1 saturated heterocycles. The van der Waals surface area contributed by atoms with Crippen molar-refractivity contribution >= 4 is 5.91 Å². The fraction of sp³-hybridized carbons (Fsp3) is 0.292. The third-order valence-electron chi connectivity index (χ3n) is 5.35. The highest BCUT2D eigenvalue weighted by Crippen LogP contribution is 2.29. The molecule has 1 amide bonds. The van der Waals surface area contributed by atoms with Crippen LogP contribution in [0.4, 0.5) is 8.78 Å². The summed E-state index contributed by atoms with van der Waals surface area (Å²) in [6, 6.07) is 12.7. The molecule has 2 aromatic carbocycles. The number of rotatable bonds is 6. The van der Waals surface area contributed by atoms with Crippen molar-refractivity contribution in [3.05, 3.63) is 83.8 Å². The van der Waals surface area contributed by atoms with E-state index in [0.717, 1.165) is 0 Å². The Morgan fingerprint density at radius 1 is 1.16 bits per heavy atom. The fourth-order valence-electron chi connectivity index (χ4n) is 3.79. The SMILES string of the molecule is CN(CC(=O)N1CCO[C@@H](c2nccnc2-c2cccc(F)c2)C1)Cc1ccccc1F. The molecule has 32 heavy (non-hydrogen) atoms. The third-order valence-corrected chi connectivity index (χ3v) is 5.35. The second-order valence-corrected chi connectivity index (χ2v) is 7.76. The molecule has 0 unspecified atom stereocenters. The van der Waals surface area contributed by atoms with Gasteiger partial charge in [-0.3, -0.25) is 19.7 Å². The largest absolute Gasteiger partial charge is 0.368 e. The predicted molar refractivity (Wildman–Crippen MR) is 115 cm³/mol. The molecule has 0 saturated carbocycles. The highest BCUT2D eigenvalue weighted by Gasteiger charge is 2.29. The van der Waals surface area contributed by atoms with Crippen LogP contribution >= 0.6 is 0 Å². The van der Waals surface area contributed by atoms with Crippen molar-refractivity contribution < 1.29 is 18.3 Å². The number of benzene rings is 2. The van der Waals surface area contributed by atoms with Gasteiger partial charge in [0.2, 0.25) is 5.91 Å². The highest BCUT2D eigenvalue weighted by molar-refractivity contribution is 5.78. The Hall–Kier alpha value is -3.23. The Labute approximate surface area is 185 Å². The minimum absolute atomic E-state index is 0.0756. The number of amides is 1. The third kappa shape index (κ3) is 5.15. The normalized spacial score (nSPS) is 16.4. The van der Waals surface area contributed by atoms with Gasteiger partial charge in [0.15, 0.2) is 0 Å². The van der Waals surface area contributed by atoms with E-state index >= 15 is 0 Å². The minimum atomic E-state index is -0.475. The number of morpholine rings is 1. The van der Waals surface area contributed by atoms with E-state index < -0.39 is 6.10 Å².